The molecule has 0 radical (unpaired) electrons. The second kappa shape index (κ2) is 9.64. The van der Waals surface area contributed by atoms with Crippen molar-refractivity contribution < 1.29 is 18.0 Å². The normalized spacial score (nSPS) is 14.9. The van der Waals surface area contributed by atoms with E-state index in [-0.39, 0.29) is 34.1 Å². The number of hydrogen-bond acceptors (Lipinski definition) is 7. The van der Waals surface area contributed by atoms with E-state index in [2.05, 4.69) is 25.3 Å². The van der Waals surface area contributed by atoms with E-state index in [1.54, 1.807) is 0 Å². The van der Waals surface area contributed by atoms with Gasteiger partial charge < -0.3 is 20.9 Å². The van der Waals surface area contributed by atoms with Crippen LogP contribution in [0.4, 0.5) is 19.1 Å². The Bertz CT molecular complexity index is 1230. The molecule has 1 aliphatic rings. The number of fused-ring (bicyclic) bond motifs is 1. The smallest absolute Gasteiger partial charge is 0.354 e. The summed E-state index contributed by atoms with van der Waals surface area (Å²) in [6.45, 7) is 2.23. The van der Waals surface area contributed by atoms with E-state index in [0.717, 1.165) is 25.1 Å². The maximum atomic E-state index is 13.2. The molecule has 0 bridgehead atoms. The molecule has 1 aliphatic heterocycles. The summed E-state index contributed by atoms with van der Waals surface area (Å²) in [5.74, 6) is 0.636. The first kappa shape index (κ1) is 23.4. The van der Waals surface area contributed by atoms with Gasteiger partial charge in [0.2, 0.25) is 11.9 Å². The highest BCUT2D eigenvalue weighted by Crippen LogP contribution is 2.34. The van der Waals surface area contributed by atoms with Crippen LogP contribution in [0.1, 0.15) is 30.4 Å². The molecule has 0 aliphatic carbocycles. The molecule has 0 saturated carbocycles. The molecule has 9 nitrogen and oxygen atoms in total. The third-order valence-electron chi connectivity index (χ3n) is 5.90. The average Bonchev–Trinajstić information content (AvgIpc) is 3.26. The molecular formula is C22H23F3N8O. The van der Waals surface area contributed by atoms with Crippen LogP contribution in [0.25, 0.3) is 22.3 Å². The third-order valence-corrected chi connectivity index (χ3v) is 5.90. The number of amides is 1. The predicted octanol–water partition coefficient (Wildman–Crippen LogP) is 2.91. The van der Waals surface area contributed by atoms with Crippen LogP contribution in [0.15, 0.2) is 24.7 Å². The molecule has 0 unspecified atom stereocenters. The summed E-state index contributed by atoms with van der Waals surface area (Å²) in [6, 6.07) is 2.99. The lowest BCUT2D eigenvalue weighted by atomic mass is 9.96. The number of anilines is 1. The maximum Gasteiger partial charge on any atom is 0.417 e. The minimum Gasteiger partial charge on any atom is -0.354 e. The van der Waals surface area contributed by atoms with Gasteiger partial charge in [0, 0.05) is 55.9 Å². The van der Waals surface area contributed by atoms with E-state index in [1.807, 2.05) is 11.0 Å². The van der Waals surface area contributed by atoms with Crippen LogP contribution >= 0.6 is 0 Å². The van der Waals surface area contributed by atoms with Crippen molar-refractivity contribution >= 4 is 22.9 Å². The number of piperidine rings is 1. The van der Waals surface area contributed by atoms with Gasteiger partial charge in [0.1, 0.15) is 11.7 Å². The van der Waals surface area contributed by atoms with Crippen molar-refractivity contribution in [3.8, 4) is 17.3 Å². The first-order valence-electron chi connectivity index (χ1n) is 10.8. The van der Waals surface area contributed by atoms with Crippen molar-refractivity contribution in [2.24, 2.45) is 11.7 Å². The Kier molecular flexibility index (Phi) is 6.65. The van der Waals surface area contributed by atoms with Crippen molar-refractivity contribution in [2.45, 2.75) is 25.4 Å². The molecule has 3 aromatic rings. The van der Waals surface area contributed by atoms with Crippen LogP contribution < -0.4 is 11.1 Å². The third kappa shape index (κ3) is 4.94. The summed E-state index contributed by atoms with van der Waals surface area (Å²) in [7, 11) is 0. The van der Waals surface area contributed by atoms with Crippen LogP contribution in [0.5, 0.6) is 0 Å². The van der Waals surface area contributed by atoms with E-state index >= 15 is 0 Å². The SMILES string of the molecule is N#Cc1cnc(NCC2CCN(C(=O)CCN)CC2)nc1-c1c[nH]c2ncc(C(F)(F)F)cc12. The predicted molar refractivity (Wildman–Crippen MR) is 118 cm³/mol. The fraction of sp³-hybridized carbons (Fsp3) is 0.409. The Balaban J connectivity index is 1.51. The minimum atomic E-state index is -4.54. The number of aromatic nitrogens is 4. The summed E-state index contributed by atoms with van der Waals surface area (Å²) in [5, 5.41) is 12.9. The Morgan fingerprint density at radius 3 is 2.74 bits per heavy atom. The number of nitrogens with zero attached hydrogens (tertiary/aromatic N) is 5. The highest BCUT2D eigenvalue weighted by Gasteiger charge is 2.32. The van der Waals surface area contributed by atoms with E-state index in [4.69, 9.17) is 5.73 Å². The minimum absolute atomic E-state index is 0.0656. The van der Waals surface area contributed by atoms with Crippen LogP contribution in [0, 0.1) is 17.2 Å². The number of rotatable bonds is 6. The zero-order chi connectivity index (χ0) is 24.3. The molecule has 4 N–H and O–H groups in total. The van der Waals surface area contributed by atoms with Gasteiger partial charge in [0.25, 0.3) is 0 Å². The van der Waals surface area contributed by atoms with Gasteiger partial charge in [0.15, 0.2) is 0 Å². The molecule has 34 heavy (non-hydrogen) atoms. The number of carbonyl (C=O) groups is 1. The molecule has 0 spiro atoms. The number of pyridine rings is 1. The summed E-state index contributed by atoms with van der Waals surface area (Å²) in [6.07, 6.45) is 1.03. The molecule has 4 rings (SSSR count). The fourth-order valence-corrected chi connectivity index (χ4v) is 4.01. The molecule has 178 valence electrons. The maximum absolute atomic E-state index is 13.2. The number of halogens is 3. The fourth-order valence-electron chi connectivity index (χ4n) is 4.01. The number of nitrogens with one attached hydrogen (secondary N) is 2. The van der Waals surface area contributed by atoms with Crippen LogP contribution in [-0.2, 0) is 11.0 Å². The molecule has 1 amide bonds. The van der Waals surface area contributed by atoms with Crippen molar-refractivity contribution in [3.63, 3.8) is 0 Å². The van der Waals surface area contributed by atoms with Crippen molar-refractivity contribution in [1.29, 1.82) is 5.26 Å². The van der Waals surface area contributed by atoms with Crippen molar-refractivity contribution in [3.05, 3.63) is 35.8 Å². The average molecular weight is 472 g/mol. The highest BCUT2D eigenvalue weighted by atomic mass is 19.4. The number of aromatic amines is 1. The van der Waals surface area contributed by atoms with Gasteiger partial charge in [-0.05, 0) is 24.8 Å². The zero-order valence-corrected chi connectivity index (χ0v) is 18.2. The summed E-state index contributed by atoms with van der Waals surface area (Å²) in [5.41, 5.74) is 5.52. The topological polar surface area (TPSA) is 137 Å². The largest absolute Gasteiger partial charge is 0.417 e. The quantitative estimate of drug-likeness (QED) is 0.502. The lowest BCUT2D eigenvalue weighted by Crippen LogP contribution is -2.40. The standard InChI is InChI=1S/C22H23F3N8O/c23-22(24,25)15-7-16-17(12-29-20(16)28-11-15)19-14(8-27)10-31-21(32-19)30-9-13-2-5-33(6-3-13)18(34)1-4-26/h7,10-13H,1-6,9,26H2,(H,28,29)(H,30,31,32). The van der Waals surface area contributed by atoms with Gasteiger partial charge in [-0.15, -0.1) is 0 Å². The number of hydrogen-bond donors (Lipinski definition) is 3. The van der Waals surface area contributed by atoms with Gasteiger partial charge in [-0.1, -0.05) is 0 Å². The summed E-state index contributed by atoms with van der Waals surface area (Å²) >= 11 is 0. The molecular weight excluding hydrogens is 449 g/mol. The number of likely N-dealkylation sites (tertiary alicyclic amines) is 1. The number of nitriles is 1. The molecule has 1 fully saturated rings. The number of carbonyl (C=O) groups excluding carboxylic acids is 1. The van der Waals surface area contributed by atoms with E-state index in [9.17, 15) is 23.2 Å². The van der Waals surface area contributed by atoms with Gasteiger partial charge in [-0.2, -0.15) is 18.4 Å². The molecule has 4 heterocycles. The van der Waals surface area contributed by atoms with E-state index < -0.39 is 11.7 Å². The van der Waals surface area contributed by atoms with Gasteiger partial charge in [0.05, 0.1) is 23.0 Å². The second-order valence-electron chi connectivity index (χ2n) is 8.13. The lowest BCUT2D eigenvalue weighted by Gasteiger charge is -2.32. The molecule has 1 saturated heterocycles. The first-order valence-corrected chi connectivity index (χ1v) is 10.8. The van der Waals surface area contributed by atoms with Gasteiger partial charge >= 0.3 is 6.18 Å². The molecule has 0 aromatic carbocycles. The van der Waals surface area contributed by atoms with Crippen molar-refractivity contribution in [2.75, 3.05) is 31.5 Å². The first-order chi connectivity index (χ1) is 16.3. The number of nitrogens with two attached hydrogens (primary N) is 1. The van der Waals surface area contributed by atoms with Crippen LogP contribution in [0.3, 0.4) is 0 Å². The monoisotopic (exact) mass is 472 g/mol. The van der Waals surface area contributed by atoms with Gasteiger partial charge in [-0.3, -0.25) is 4.79 Å². The summed E-state index contributed by atoms with van der Waals surface area (Å²) in [4.78, 5) is 29.1. The Hall–Kier alpha value is -3.72. The highest BCUT2D eigenvalue weighted by molar-refractivity contribution is 5.94. The van der Waals surface area contributed by atoms with Crippen molar-refractivity contribution in [1.82, 2.24) is 24.8 Å². The van der Waals surface area contributed by atoms with Gasteiger partial charge in [-0.25, -0.2) is 15.0 Å². The molecule has 0 atom stereocenters. The zero-order valence-electron chi connectivity index (χ0n) is 18.2. The van der Waals surface area contributed by atoms with Crippen LogP contribution in [0.2, 0.25) is 0 Å². The molecule has 12 heteroatoms. The second-order valence-corrected chi connectivity index (χ2v) is 8.13. The molecule has 3 aromatic heterocycles. The Morgan fingerprint density at radius 1 is 1.29 bits per heavy atom. The summed E-state index contributed by atoms with van der Waals surface area (Å²) < 4.78 is 39.6. The number of H-pyrrole nitrogens is 1. The van der Waals surface area contributed by atoms with E-state index in [1.165, 1.54) is 12.4 Å². The Morgan fingerprint density at radius 2 is 2.06 bits per heavy atom. The lowest BCUT2D eigenvalue weighted by molar-refractivity contribution is -0.137. The number of alkyl halides is 3. The van der Waals surface area contributed by atoms with E-state index in [0.29, 0.717) is 44.1 Å². The Labute approximate surface area is 193 Å². The van der Waals surface area contributed by atoms with Crippen LogP contribution in [-0.4, -0.2) is 56.9 Å².